The summed E-state index contributed by atoms with van der Waals surface area (Å²) in [6.45, 7) is 0.583. The lowest BCUT2D eigenvalue weighted by Crippen LogP contribution is -2.23. The van der Waals surface area contributed by atoms with Crippen molar-refractivity contribution in [2.45, 2.75) is 31.6 Å². The van der Waals surface area contributed by atoms with E-state index in [0.717, 1.165) is 31.5 Å². The van der Waals surface area contributed by atoms with Crippen molar-refractivity contribution in [2.75, 3.05) is 6.54 Å². The van der Waals surface area contributed by atoms with Gasteiger partial charge in [0.25, 0.3) is 5.91 Å². The van der Waals surface area contributed by atoms with Crippen molar-refractivity contribution in [2.24, 2.45) is 0 Å². The summed E-state index contributed by atoms with van der Waals surface area (Å²) >= 11 is 0. The topological polar surface area (TPSA) is 67.2 Å². The second-order valence-electron chi connectivity index (χ2n) is 5.75. The molecule has 3 rings (SSSR count). The van der Waals surface area contributed by atoms with Crippen LogP contribution in [0.2, 0.25) is 0 Å². The van der Waals surface area contributed by atoms with Crippen LogP contribution in [0, 0.1) is 5.82 Å². The van der Waals surface area contributed by atoms with E-state index in [1.807, 2.05) is 0 Å². The molecule has 1 saturated heterocycles. The largest absolute Gasteiger partial charge is 0.446 e. The lowest BCUT2D eigenvalue weighted by Gasteiger charge is -2.10. The highest BCUT2D eigenvalue weighted by molar-refractivity contribution is 5.91. The van der Waals surface area contributed by atoms with Gasteiger partial charge in [-0.1, -0.05) is 0 Å². The summed E-state index contributed by atoms with van der Waals surface area (Å²) in [4.78, 5) is 16.1. The molecule has 0 radical (unpaired) electrons. The summed E-state index contributed by atoms with van der Waals surface area (Å²) in [6, 6.07) is 2.09. The summed E-state index contributed by atoms with van der Waals surface area (Å²) in [6.07, 6.45) is -1.63. The van der Waals surface area contributed by atoms with Gasteiger partial charge in [-0.25, -0.2) is 9.37 Å². The molecule has 1 aromatic carbocycles. The fourth-order valence-electron chi connectivity index (χ4n) is 2.64. The first kappa shape index (κ1) is 17.4. The molecule has 1 fully saturated rings. The molecule has 1 amide bonds. The Morgan fingerprint density at radius 2 is 2.16 bits per heavy atom. The molecule has 1 atom stereocenters. The Balaban J connectivity index is 1.65. The highest BCUT2D eigenvalue weighted by atomic mass is 19.4. The second kappa shape index (κ2) is 6.83. The number of oxazole rings is 1. The third kappa shape index (κ3) is 4.16. The van der Waals surface area contributed by atoms with Crippen LogP contribution >= 0.6 is 0 Å². The van der Waals surface area contributed by atoms with Crippen LogP contribution in [-0.2, 0) is 12.7 Å². The van der Waals surface area contributed by atoms with E-state index >= 15 is 0 Å². The Kier molecular flexibility index (Phi) is 4.76. The van der Waals surface area contributed by atoms with Gasteiger partial charge in [0.05, 0.1) is 11.6 Å². The van der Waals surface area contributed by atoms with Gasteiger partial charge in [-0.15, -0.1) is 0 Å². The third-order valence-electron chi connectivity index (χ3n) is 3.85. The predicted octanol–water partition coefficient (Wildman–Crippen LogP) is 3.19. The van der Waals surface area contributed by atoms with Gasteiger partial charge in [0.2, 0.25) is 5.89 Å². The maximum Gasteiger partial charge on any atom is 0.416 e. The molecule has 0 bridgehead atoms. The number of hydrogen-bond donors (Lipinski definition) is 2. The normalized spacial score (nSPS) is 17.7. The SMILES string of the molecule is O=C(NCc1cc(F)cc(C(F)(F)F)c1)c1coc(C2CCCN2)n1. The summed E-state index contributed by atoms with van der Waals surface area (Å²) in [5.74, 6) is -1.23. The molecule has 25 heavy (non-hydrogen) atoms. The van der Waals surface area contributed by atoms with Crippen LogP contribution in [0.3, 0.4) is 0 Å². The van der Waals surface area contributed by atoms with E-state index in [1.54, 1.807) is 0 Å². The Hall–Kier alpha value is -2.42. The molecule has 5 nitrogen and oxygen atoms in total. The lowest BCUT2D eigenvalue weighted by molar-refractivity contribution is -0.137. The van der Waals surface area contributed by atoms with Crippen molar-refractivity contribution in [3.63, 3.8) is 0 Å². The molecule has 134 valence electrons. The second-order valence-corrected chi connectivity index (χ2v) is 5.75. The Morgan fingerprint density at radius 1 is 1.36 bits per heavy atom. The Bertz CT molecular complexity index is 767. The predicted molar refractivity (Wildman–Crippen MR) is 79.1 cm³/mol. The first-order chi connectivity index (χ1) is 11.8. The number of amides is 1. The number of rotatable bonds is 4. The van der Waals surface area contributed by atoms with E-state index in [9.17, 15) is 22.4 Å². The third-order valence-corrected chi connectivity index (χ3v) is 3.85. The van der Waals surface area contributed by atoms with Crippen molar-refractivity contribution in [1.29, 1.82) is 0 Å². The van der Waals surface area contributed by atoms with Crippen LogP contribution in [-0.4, -0.2) is 17.4 Å². The van der Waals surface area contributed by atoms with Gasteiger partial charge >= 0.3 is 6.18 Å². The van der Waals surface area contributed by atoms with Crippen molar-refractivity contribution < 1.29 is 26.8 Å². The average Bonchev–Trinajstić information content (AvgIpc) is 3.22. The molecule has 1 aliphatic rings. The van der Waals surface area contributed by atoms with E-state index < -0.39 is 23.5 Å². The van der Waals surface area contributed by atoms with Crippen LogP contribution in [0.25, 0.3) is 0 Å². The van der Waals surface area contributed by atoms with Crippen molar-refractivity contribution in [1.82, 2.24) is 15.6 Å². The standard InChI is InChI=1S/C16H15F4N3O2/c17-11-5-9(4-10(6-11)16(18,19)20)7-22-14(24)13-8-25-15(23-13)12-2-1-3-21-12/h4-6,8,12,21H,1-3,7H2,(H,22,24). The Morgan fingerprint density at radius 3 is 2.84 bits per heavy atom. The number of nitrogens with one attached hydrogen (secondary N) is 2. The van der Waals surface area contributed by atoms with E-state index in [0.29, 0.717) is 12.0 Å². The molecule has 1 aromatic heterocycles. The van der Waals surface area contributed by atoms with Crippen LogP contribution in [0.4, 0.5) is 17.6 Å². The maximum atomic E-state index is 13.3. The summed E-state index contributed by atoms with van der Waals surface area (Å²) < 4.78 is 56.6. The average molecular weight is 357 g/mol. The molecule has 1 aliphatic heterocycles. The first-order valence-electron chi connectivity index (χ1n) is 7.66. The van der Waals surface area contributed by atoms with Crippen LogP contribution in [0.15, 0.2) is 28.9 Å². The smallest absolute Gasteiger partial charge is 0.416 e. The first-order valence-corrected chi connectivity index (χ1v) is 7.66. The number of hydrogen-bond acceptors (Lipinski definition) is 4. The lowest BCUT2D eigenvalue weighted by atomic mass is 10.1. The van der Waals surface area contributed by atoms with Gasteiger partial charge in [-0.2, -0.15) is 13.2 Å². The Labute approximate surface area is 140 Å². The van der Waals surface area contributed by atoms with E-state index in [4.69, 9.17) is 4.42 Å². The van der Waals surface area contributed by atoms with Gasteiger partial charge in [0.15, 0.2) is 5.69 Å². The van der Waals surface area contributed by atoms with Gasteiger partial charge in [0.1, 0.15) is 12.1 Å². The number of nitrogens with zero attached hydrogens (tertiary/aromatic N) is 1. The molecule has 1 unspecified atom stereocenters. The van der Waals surface area contributed by atoms with E-state index in [1.165, 1.54) is 6.26 Å². The van der Waals surface area contributed by atoms with Gasteiger partial charge < -0.3 is 15.1 Å². The molecule has 2 heterocycles. The molecule has 0 spiro atoms. The van der Waals surface area contributed by atoms with Crippen molar-refractivity contribution in [3.05, 3.63) is 53.0 Å². The van der Waals surface area contributed by atoms with Gasteiger partial charge in [-0.3, -0.25) is 4.79 Å². The number of carbonyl (C=O) groups is 1. The van der Waals surface area contributed by atoms with Crippen LogP contribution in [0.1, 0.15) is 46.4 Å². The highest BCUT2D eigenvalue weighted by Gasteiger charge is 2.31. The molecule has 2 aromatic rings. The minimum atomic E-state index is -4.66. The monoisotopic (exact) mass is 357 g/mol. The minimum absolute atomic E-state index is 0.00172. The fraction of sp³-hybridized carbons (Fsp3) is 0.375. The molecular weight excluding hydrogens is 342 g/mol. The van der Waals surface area contributed by atoms with E-state index in [2.05, 4.69) is 15.6 Å². The van der Waals surface area contributed by atoms with Gasteiger partial charge in [0, 0.05) is 6.54 Å². The zero-order valence-electron chi connectivity index (χ0n) is 13.0. The van der Waals surface area contributed by atoms with E-state index in [-0.39, 0.29) is 23.8 Å². The number of benzene rings is 1. The summed E-state index contributed by atoms with van der Waals surface area (Å²) in [7, 11) is 0. The number of alkyl halides is 3. The van der Waals surface area contributed by atoms with Gasteiger partial charge in [-0.05, 0) is 43.1 Å². The van der Waals surface area contributed by atoms with Crippen molar-refractivity contribution >= 4 is 5.91 Å². The quantitative estimate of drug-likeness (QED) is 0.825. The molecule has 9 heteroatoms. The number of aromatic nitrogens is 1. The van der Waals surface area contributed by atoms with Crippen LogP contribution in [0.5, 0.6) is 0 Å². The molecular formula is C16H15F4N3O2. The highest BCUT2D eigenvalue weighted by Crippen LogP contribution is 2.30. The molecule has 2 N–H and O–H groups in total. The minimum Gasteiger partial charge on any atom is -0.446 e. The summed E-state index contributed by atoms with van der Waals surface area (Å²) in [5.41, 5.74) is -1.08. The molecule has 0 aliphatic carbocycles. The zero-order chi connectivity index (χ0) is 18.0. The maximum absolute atomic E-state index is 13.3. The van der Waals surface area contributed by atoms with Crippen LogP contribution < -0.4 is 10.6 Å². The number of halogens is 4. The summed E-state index contributed by atoms with van der Waals surface area (Å²) in [5, 5.41) is 5.58. The van der Waals surface area contributed by atoms with Crippen molar-refractivity contribution in [3.8, 4) is 0 Å². The zero-order valence-corrected chi connectivity index (χ0v) is 13.0. The number of carbonyl (C=O) groups excluding carboxylic acids is 1. The molecule has 0 saturated carbocycles. The fourth-order valence-corrected chi connectivity index (χ4v) is 2.64.